The Morgan fingerprint density at radius 1 is 0.769 bits per heavy atom. The Balaban J connectivity index is 1.51. The fourth-order valence-corrected chi connectivity index (χ4v) is 4.54. The third kappa shape index (κ3) is 6.13. The third-order valence-corrected chi connectivity index (χ3v) is 6.50. The molecule has 0 aromatic heterocycles. The van der Waals surface area contributed by atoms with Crippen molar-refractivity contribution in [3.8, 4) is 23.0 Å². The summed E-state index contributed by atoms with van der Waals surface area (Å²) in [5.74, 6) is 2.42. The first-order chi connectivity index (χ1) is 19.2. The topological polar surface area (TPSA) is 66.0 Å². The zero-order chi connectivity index (χ0) is 27.0. The lowest BCUT2D eigenvalue weighted by Crippen LogP contribution is -2.15. The van der Waals surface area contributed by atoms with Crippen molar-refractivity contribution in [2.75, 3.05) is 27.0 Å². The molecule has 0 bridgehead atoms. The number of fused-ring (bicyclic) bond motifs is 1. The highest BCUT2D eigenvalue weighted by Gasteiger charge is 2.18. The minimum absolute atomic E-state index is 0.231. The molecule has 5 rings (SSSR count). The second-order valence-corrected chi connectivity index (χ2v) is 9.03. The maximum Gasteiger partial charge on any atom is 0.343 e. The van der Waals surface area contributed by atoms with Crippen molar-refractivity contribution >= 4 is 17.1 Å². The van der Waals surface area contributed by atoms with Gasteiger partial charge in [0.25, 0.3) is 0 Å². The molecule has 6 nitrogen and oxygen atoms in total. The number of esters is 1. The Morgan fingerprint density at radius 2 is 1.41 bits per heavy atom. The number of hydrogen-bond donors (Lipinski definition) is 1. The Labute approximate surface area is 228 Å². The van der Waals surface area contributed by atoms with E-state index in [1.807, 2.05) is 73.8 Å². The molecule has 1 N–H and O–H groups in total. The molecule has 0 radical (unpaired) electrons. The number of allylic oxidation sites excluding steroid dienone is 1. The molecule has 0 saturated heterocycles. The summed E-state index contributed by atoms with van der Waals surface area (Å²) in [5.41, 5.74) is 5.87. The van der Waals surface area contributed by atoms with Gasteiger partial charge in [-0.15, -0.1) is 0 Å². The maximum absolute atomic E-state index is 12.5. The van der Waals surface area contributed by atoms with Crippen molar-refractivity contribution in [3.63, 3.8) is 0 Å². The second-order valence-electron chi connectivity index (χ2n) is 9.03. The number of carbonyl (C=O) groups excluding carboxylic acids is 1. The summed E-state index contributed by atoms with van der Waals surface area (Å²) in [5, 5.41) is 3.09. The van der Waals surface area contributed by atoms with E-state index < -0.39 is 0 Å². The average molecular weight is 522 g/mol. The van der Waals surface area contributed by atoms with Gasteiger partial charge in [-0.3, -0.25) is 0 Å². The lowest BCUT2D eigenvalue weighted by molar-refractivity contribution is 0.0734. The van der Waals surface area contributed by atoms with Gasteiger partial charge in [-0.2, -0.15) is 0 Å². The Kier molecular flexibility index (Phi) is 8.24. The molecule has 0 aliphatic carbocycles. The van der Waals surface area contributed by atoms with Crippen LogP contribution in [0.1, 0.15) is 40.4 Å². The lowest BCUT2D eigenvalue weighted by atomic mass is 9.88. The second kappa shape index (κ2) is 12.3. The monoisotopic (exact) mass is 521 g/mol. The van der Waals surface area contributed by atoms with Crippen molar-refractivity contribution < 1.29 is 23.7 Å². The van der Waals surface area contributed by atoms with Crippen LogP contribution in [0, 0.1) is 0 Å². The van der Waals surface area contributed by atoms with Gasteiger partial charge in [-0.25, -0.2) is 4.79 Å². The van der Waals surface area contributed by atoms with E-state index in [2.05, 4.69) is 30.4 Å². The molecule has 4 aromatic carbocycles. The van der Waals surface area contributed by atoms with E-state index in [1.165, 1.54) is 0 Å². The van der Waals surface area contributed by atoms with Gasteiger partial charge in [0.15, 0.2) is 11.5 Å². The molecule has 39 heavy (non-hydrogen) atoms. The lowest BCUT2D eigenvalue weighted by Gasteiger charge is -2.17. The Morgan fingerprint density at radius 3 is 2.08 bits per heavy atom. The molecule has 198 valence electrons. The van der Waals surface area contributed by atoms with Gasteiger partial charge in [-0.05, 0) is 89.8 Å². The van der Waals surface area contributed by atoms with Gasteiger partial charge in [0.05, 0.1) is 5.56 Å². The van der Waals surface area contributed by atoms with E-state index in [1.54, 1.807) is 12.1 Å². The summed E-state index contributed by atoms with van der Waals surface area (Å²) in [6.45, 7) is 3.75. The molecule has 4 aromatic rings. The number of rotatable bonds is 10. The quantitative estimate of drug-likeness (QED) is 0.110. The predicted molar refractivity (Wildman–Crippen MR) is 152 cm³/mol. The van der Waals surface area contributed by atoms with E-state index in [9.17, 15) is 4.79 Å². The minimum Gasteiger partial charge on any atom is -0.492 e. The van der Waals surface area contributed by atoms with Crippen LogP contribution in [0.15, 0.2) is 97.1 Å². The van der Waals surface area contributed by atoms with E-state index >= 15 is 0 Å². The Hall–Kier alpha value is -4.55. The summed E-state index contributed by atoms with van der Waals surface area (Å²) in [4.78, 5) is 12.5. The highest BCUT2D eigenvalue weighted by molar-refractivity contribution is 5.99. The fourth-order valence-electron chi connectivity index (χ4n) is 4.54. The molecule has 6 heteroatoms. The zero-order valence-corrected chi connectivity index (χ0v) is 22.1. The van der Waals surface area contributed by atoms with Crippen molar-refractivity contribution in [2.24, 2.45) is 0 Å². The summed E-state index contributed by atoms with van der Waals surface area (Å²) < 4.78 is 22.6. The fraction of sp³-hybridized carbons (Fsp3) is 0.182. The largest absolute Gasteiger partial charge is 0.492 e. The molecule has 1 aliphatic rings. The van der Waals surface area contributed by atoms with Gasteiger partial charge in [-0.1, -0.05) is 55.5 Å². The van der Waals surface area contributed by atoms with Crippen LogP contribution in [0.3, 0.4) is 0 Å². The number of benzene rings is 4. The van der Waals surface area contributed by atoms with E-state index in [0.717, 1.165) is 58.1 Å². The standard InChI is InChI=1S/C33H31NO5/c1-3-29(26-13-18-30-31(21-26)38-22-37-30)32(23-9-14-27(15-10-23)36-20-19-34-2)24-11-16-28(17-12-24)39-33(35)25-7-5-4-6-8-25/h4-18,21,34H,3,19-20,22H2,1-2H3/b32-29+. The van der Waals surface area contributed by atoms with Gasteiger partial charge in [0, 0.05) is 6.54 Å². The first-order valence-corrected chi connectivity index (χ1v) is 13.0. The highest BCUT2D eigenvalue weighted by atomic mass is 16.7. The Bertz CT molecular complexity index is 1440. The van der Waals surface area contributed by atoms with Crippen LogP contribution in [0.25, 0.3) is 11.1 Å². The van der Waals surface area contributed by atoms with Gasteiger partial charge >= 0.3 is 5.97 Å². The molecular formula is C33H31NO5. The van der Waals surface area contributed by atoms with Crippen molar-refractivity contribution in [3.05, 3.63) is 119 Å². The normalized spacial score (nSPS) is 12.6. The summed E-state index contributed by atoms with van der Waals surface area (Å²) in [6, 6.07) is 30.8. The third-order valence-electron chi connectivity index (χ3n) is 6.50. The zero-order valence-electron chi connectivity index (χ0n) is 22.1. The molecule has 0 saturated carbocycles. The minimum atomic E-state index is -0.386. The van der Waals surface area contributed by atoms with Gasteiger partial charge in [0.2, 0.25) is 6.79 Å². The maximum atomic E-state index is 12.5. The summed E-state index contributed by atoms with van der Waals surface area (Å²) in [6.07, 6.45) is 0.792. The van der Waals surface area contributed by atoms with Crippen molar-refractivity contribution in [1.82, 2.24) is 5.32 Å². The van der Waals surface area contributed by atoms with Crippen LogP contribution in [-0.4, -0.2) is 33.0 Å². The number of hydrogen-bond acceptors (Lipinski definition) is 6. The molecular weight excluding hydrogens is 490 g/mol. The van der Waals surface area contributed by atoms with Crippen LogP contribution < -0.4 is 24.3 Å². The van der Waals surface area contributed by atoms with Crippen LogP contribution in [0.4, 0.5) is 0 Å². The SMILES string of the molecule is CC/C(=C(/c1ccc(OCCNC)cc1)c1ccc(OC(=O)c2ccccc2)cc1)c1ccc2c(c1)OCO2. The summed E-state index contributed by atoms with van der Waals surface area (Å²) >= 11 is 0. The van der Waals surface area contributed by atoms with Crippen molar-refractivity contribution in [1.29, 1.82) is 0 Å². The van der Waals surface area contributed by atoms with E-state index in [0.29, 0.717) is 17.9 Å². The summed E-state index contributed by atoms with van der Waals surface area (Å²) in [7, 11) is 1.90. The number of ether oxygens (including phenoxy) is 4. The average Bonchev–Trinajstić information content (AvgIpc) is 3.46. The molecule has 1 heterocycles. The van der Waals surface area contributed by atoms with Crippen LogP contribution in [-0.2, 0) is 0 Å². The number of nitrogens with one attached hydrogen (secondary N) is 1. The number of likely N-dealkylation sites (N-methyl/N-ethyl adjacent to an activating group) is 1. The van der Waals surface area contributed by atoms with Gasteiger partial charge < -0.3 is 24.3 Å². The first kappa shape index (κ1) is 26.1. The van der Waals surface area contributed by atoms with Crippen molar-refractivity contribution in [2.45, 2.75) is 13.3 Å². The van der Waals surface area contributed by atoms with Crippen LogP contribution in [0.2, 0.25) is 0 Å². The van der Waals surface area contributed by atoms with E-state index in [4.69, 9.17) is 18.9 Å². The molecule has 0 unspecified atom stereocenters. The molecule has 1 aliphatic heterocycles. The predicted octanol–water partition coefficient (Wildman–Crippen LogP) is 6.60. The van der Waals surface area contributed by atoms with Crippen LogP contribution >= 0.6 is 0 Å². The van der Waals surface area contributed by atoms with Gasteiger partial charge in [0.1, 0.15) is 18.1 Å². The molecule has 0 spiro atoms. The first-order valence-electron chi connectivity index (χ1n) is 13.0. The molecule has 0 amide bonds. The molecule has 0 fully saturated rings. The van der Waals surface area contributed by atoms with Crippen LogP contribution in [0.5, 0.6) is 23.0 Å². The highest BCUT2D eigenvalue weighted by Crippen LogP contribution is 2.40. The number of carbonyl (C=O) groups is 1. The smallest absolute Gasteiger partial charge is 0.343 e. The van der Waals surface area contributed by atoms with E-state index in [-0.39, 0.29) is 12.8 Å². The molecule has 0 atom stereocenters.